The van der Waals surface area contributed by atoms with Crippen LogP contribution in [0.2, 0.25) is 0 Å². The van der Waals surface area contributed by atoms with Crippen molar-refractivity contribution in [3.05, 3.63) is 29.3 Å². The average Bonchev–Trinajstić information content (AvgIpc) is 2.52. The van der Waals surface area contributed by atoms with Crippen molar-refractivity contribution >= 4 is 18.0 Å². The van der Waals surface area contributed by atoms with Crippen molar-refractivity contribution in [1.82, 2.24) is 0 Å². The Balaban J connectivity index is 3.27. The number of esters is 2. The second-order valence-electron chi connectivity index (χ2n) is 4.00. The van der Waals surface area contributed by atoms with Gasteiger partial charge < -0.3 is 18.9 Å². The molecule has 0 bridgehead atoms. The van der Waals surface area contributed by atoms with E-state index in [9.17, 15) is 9.59 Å². The first kappa shape index (κ1) is 16.6. The molecule has 0 unspecified atom stereocenters. The maximum absolute atomic E-state index is 11.8. The molecule has 0 aliphatic rings. The van der Waals surface area contributed by atoms with E-state index in [1.807, 2.05) is 0 Å². The Bertz CT molecular complexity index is 547. The van der Waals surface area contributed by atoms with Crippen LogP contribution >= 0.6 is 0 Å². The number of ether oxygens (including phenoxy) is 4. The molecule has 0 saturated heterocycles. The number of methoxy groups -OCH3 is 4. The second kappa shape index (κ2) is 7.94. The Morgan fingerprint density at radius 3 is 2.29 bits per heavy atom. The van der Waals surface area contributed by atoms with E-state index < -0.39 is 11.9 Å². The van der Waals surface area contributed by atoms with E-state index >= 15 is 0 Å². The van der Waals surface area contributed by atoms with Crippen molar-refractivity contribution < 1.29 is 28.5 Å². The Hall–Kier alpha value is -2.50. The number of para-hydroxylation sites is 1. The molecule has 0 atom stereocenters. The number of hydrogen-bond acceptors (Lipinski definition) is 6. The summed E-state index contributed by atoms with van der Waals surface area (Å²) in [7, 11) is 5.51. The van der Waals surface area contributed by atoms with Crippen LogP contribution in [-0.2, 0) is 19.1 Å². The van der Waals surface area contributed by atoms with Gasteiger partial charge in [0.2, 0.25) is 0 Å². The Morgan fingerprint density at radius 2 is 1.76 bits per heavy atom. The standard InChI is InChI=1S/C15H18O6/c1-18-12-7-5-6-10(14(12)20-3)8-11(15(17)21-4)9-13(16)19-2/h5-8H,9H2,1-4H3. The lowest BCUT2D eigenvalue weighted by Gasteiger charge is -2.11. The molecule has 6 heteroatoms. The topological polar surface area (TPSA) is 71.1 Å². The minimum Gasteiger partial charge on any atom is -0.493 e. The predicted octanol–water partition coefficient (Wildman–Crippen LogP) is 1.82. The first-order valence-corrected chi connectivity index (χ1v) is 6.14. The van der Waals surface area contributed by atoms with Crippen LogP contribution < -0.4 is 9.47 Å². The summed E-state index contributed by atoms with van der Waals surface area (Å²) < 4.78 is 19.7. The van der Waals surface area contributed by atoms with Crippen molar-refractivity contribution in [3.8, 4) is 11.5 Å². The molecule has 0 aromatic heterocycles. The van der Waals surface area contributed by atoms with Crippen LogP contribution in [0, 0.1) is 0 Å². The summed E-state index contributed by atoms with van der Waals surface area (Å²) in [6.07, 6.45) is 1.33. The fraction of sp³-hybridized carbons (Fsp3) is 0.333. The highest BCUT2D eigenvalue weighted by atomic mass is 16.5. The Kier molecular flexibility index (Phi) is 6.26. The van der Waals surface area contributed by atoms with Gasteiger partial charge in [0, 0.05) is 11.1 Å². The van der Waals surface area contributed by atoms with Crippen LogP contribution in [0.5, 0.6) is 11.5 Å². The van der Waals surface area contributed by atoms with Gasteiger partial charge in [-0.1, -0.05) is 12.1 Å². The average molecular weight is 294 g/mol. The van der Waals surface area contributed by atoms with Gasteiger partial charge in [0.15, 0.2) is 11.5 Å². The summed E-state index contributed by atoms with van der Waals surface area (Å²) in [4.78, 5) is 23.1. The molecule has 0 aliphatic heterocycles. The van der Waals surface area contributed by atoms with E-state index in [2.05, 4.69) is 9.47 Å². The first-order valence-electron chi connectivity index (χ1n) is 6.14. The molecule has 0 heterocycles. The minimum atomic E-state index is -0.606. The Morgan fingerprint density at radius 1 is 1.05 bits per heavy atom. The van der Waals surface area contributed by atoms with Crippen molar-refractivity contribution in [2.75, 3.05) is 28.4 Å². The zero-order chi connectivity index (χ0) is 15.8. The predicted molar refractivity (Wildman–Crippen MR) is 76.2 cm³/mol. The highest BCUT2D eigenvalue weighted by Gasteiger charge is 2.17. The lowest BCUT2D eigenvalue weighted by molar-refractivity contribution is -0.143. The van der Waals surface area contributed by atoms with Crippen molar-refractivity contribution in [1.29, 1.82) is 0 Å². The number of hydrogen-bond donors (Lipinski definition) is 0. The molecule has 0 aliphatic carbocycles. The van der Waals surface area contributed by atoms with Gasteiger partial charge in [-0.25, -0.2) is 4.79 Å². The van der Waals surface area contributed by atoms with Crippen molar-refractivity contribution in [3.63, 3.8) is 0 Å². The fourth-order valence-electron chi connectivity index (χ4n) is 1.75. The maximum Gasteiger partial charge on any atom is 0.334 e. The number of carbonyl (C=O) groups is 2. The van der Waals surface area contributed by atoms with E-state index in [4.69, 9.17) is 9.47 Å². The lowest BCUT2D eigenvalue weighted by atomic mass is 10.1. The highest BCUT2D eigenvalue weighted by molar-refractivity contribution is 5.98. The molecule has 0 radical (unpaired) electrons. The van der Waals surface area contributed by atoms with Gasteiger partial charge >= 0.3 is 11.9 Å². The van der Waals surface area contributed by atoms with Gasteiger partial charge in [-0.05, 0) is 12.1 Å². The van der Waals surface area contributed by atoms with Gasteiger partial charge in [-0.15, -0.1) is 0 Å². The summed E-state index contributed by atoms with van der Waals surface area (Å²) in [5.74, 6) is -0.154. The van der Waals surface area contributed by atoms with E-state index in [0.29, 0.717) is 17.1 Å². The molecule has 1 aromatic rings. The summed E-state index contributed by atoms with van der Waals surface area (Å²) in [6.45, 7) is 0. The SMILES string of the molecule is COC(=O)CC(=Cc1cccc(OC)c1OC)C(=O)OC. The molecule has 1 rings (SSSR count). The number of rotatable bonds is 6. The van der Waals surface area contributed by atoms with Crippen LogP contribution in [0.1, 0.15) is 12.0 Å². The molecule has 0 saturated carbocycles. The molecular formula is C15H18O6. The minimum absolute atomic E-state index is 0.163. The van der Waals surface area contributed by atoms with E-state index in [-0.39, 0.29) is 12.0 Å². The van der Waals surface area contributed by atoms with Gasteiger partial charge in [0.05, 0.1) is 34.9 Å². The number of benzene rings is 1. The smallest absolute Gasteiger partial charge is 0.334 e. The van der Waals surface area contributed by atoms with Crippen molar-refractivity contribution in [2.24, 2.45) is 0 Å². The molecule has 1 aromatic carbocycles. The maximum atomic E-state index is 11.8. The Labute approximate surface area is 123 Å². The second-order valence-corrected chi connectivity index (χ2v) is 4.00. The van der Waals surface area contributed by atoms with Crippen LogP contribution in [-0.4, -0.2) is 40.4 Å². The van der Waals surface area contributed by atoms with Crippen LogP contribution in [0.25, 0.3) is 6.08 Å². The molecule has 21 heavy (non-hydrogen) atoms. The quantitative estimate of drug-likeness (QED) is 0.589. The van der Waals surface area contributed by atoms with Gasteiger partial charge in [-0.2, -0.15) is 0 Å². The normalized spacial score (nSPS) is 10.8. The summed E-state index contributed by atoms with van der Waals surface area (Å²) in [6, 6.07) is 5.22. The van der Waals surface area contributed by atoms with Gasteiger partial charge in [0.25, 0.3) is 0 Å². The lowest BCUT2D eigenvalue weighted by Crippen LogP contribution is -2.11. The van der Waals surface area contributed by atoms with Crippen LogP contribution in [0.15, 0.2) is 23.8 Å². The van der Waals surface area contributed by atoms with Crippen LogP contribution in [0.4, 0.5) is 0 Å². The van der Waals surface area contributed by atoms with E-state index in [0.717, 1.165) is 0 Å². The molecular weight excluding hydrogens is 276 g/mol. The number of carbonyl (C=O) groups excluding carboxylic acids is 2. The van der Waals surface area contributed by atoms with Crippen molar-refractivity contribution in [2.45, 2.75) is 6.42 Å². The van der Waals surface area contributed by atoms with E-state index in [1.54, 1.807) is 18.2 Å². The molecule has 0 amide bonds. The third-order valence-electron chi connectivity index (χ3n) is 2.77. The summed E-state index contributed by atoms with van der Waals surface area (Å²) in [5, 5.41) is 0. The zero-order valence-electron chi connectivity index (χ0n) is 12.5. The molecule has 0 N–H and O–H groups in total. The largest absolute Gasteiger partial charge is 0.493 e. The molecule has 114 valence electrons. The summed E-state index contributed by atoms with van der Waals surface area (Å²) in [5.41, 5.74) is 0.761. The monoisotopic (exact) mass is 294 g/mol. The molecule has 0 spiro atoms. The first-order chi connectivity index (χ1) is 10.1. The molecule has 6 nitrogen and oxygen atoms in total. The van der Waals surface area contributed by atoms with Gasteiger partial charge in [-0.3, -0.25) is 4.79 Å². The third kappa shape index (κ3) is 4.24. The van der Waals surface area contributed by atoms with Crippen LogP contribution in [0.3, 0.4) is 0 Å². The molecule has 0 fully saturated rings. The van der Waals surface area contributed by atoms with E-state index in [1.165, 1.54) is 34.5 Å². The third-order valence-corrected chi connectivity index (χ3v) is 2.77. The zero-order valence-corrected chi connectivity index (χ0v) is 12.5. The summed E-state index contributed by atoms with van der Waals surface area (Å²) >= 11 is 0. The highest BCUT2D eigenvalue weighted by Crippen LogP contribution is 2.32. The fourth-order valence-corrected chi connectivity index (χ4v) is 1.75. The van der Waals surface area contributed by atoms with Gasteiger partial charge in [0.1, 0.15) is 0 Å².